The van der Waals surface area contributed by atoms with Crippen LogP contribution in [0.2, 0.25) is 0 Å². The second-order valence-corrected chi connectivity index (χ2v) is 21.9. The first-order valence-corrected chi connectivity index (χ1v) is 37.8. The van der Waals surface area contributed by atoms with Crippen LogP contribution in [0.1, 0.15) is 40.9 Å². The first kappa shape index (κ1) is 102. The number of rotatable bonds is 5. The first-order valence-electron chi connectivity index (χ1n) is 37.8. The van der Waals surface area contributed by atoms with Crippen molar-refractivity contribution < 1.29 is 14.2 Å². The Balaban J connectivity index is 0.000000832. The lowest BCUT2D eigenvalue weighted by Crippen LogP contribution is -2.39. The quantitative estimate of drug-likeness (QED) is 0.241. The molecule has 138 heavy (non-hydrogen) atoms. The summed E-state index contributed by atoms with van der Waals surface area (Å²) in [5.41, 5.74) is 7.79. The van der Waals surface area contributed by atoms with Crippen molar-refractivity contribution in [3.05, 3.63) is 88.6 Å². The van der Waals surface area contributed by atoms with Crippen molar-refractivity contribution in [1.82, 2.24) is 9.88 Å². The number of hydrogen-bond acceptors (Lipinski definition) is 4. The maximum atomic E-state index is 6.24. The van der Waals surface area contributed by atoms with E-state index < -0.39 is 0 Å². The molecule has 1 unspecified atom stereocenters. The number of hydrogen-bond donors (Lipinski definition) is 1. The summed E-state index contributed by atoms with van der Waals surface area (Å²) in [6.45, 7) is 4.13. The van der Waals surface area contributed by atoms with E-state index >= 15 is 0 Å². The predicted octanol–water partition coefficient (Wildman–Crippen LogP) is 6.23. The lowest BCUT2D eigenvalue weighted by atomic mass is 9.85. The molecule has 0 saturated heterocycles. The molecule has 592 valence electrons. The van der Waals surface area contributed by atoms with Crippen LogP contribution in [0, 0.1) is 616 Å². The van der Waals surface area contributed by atoms with Crippen molar-refractivity contribution in [3.63, 3.8) is 0 Å². The van der Waals surface area contributed by atoms with Crippen LogP contribution in [0.4, 0.5) is 0 Å². The van der Waals surface area contributed by atoms with Crippen molar-refractivity contribution in [2.75, 3.05) is 20.8 Å². The molecule has 0 spiro atoms. The number of terminal acetylenes is 1. The molecular formula is C133H32N2O3. The third-order valence-electron chi connectivity index (χ3n) is 13.6. The Morgan fingerprint density at radius 1 is 0.275 bits per heavy atom. The minimum absolute atomic E-state index is 0.359. The largest absolute Gasteiger partial charge is 0.496 e. The molecule has 5 nitrogen and oxygen atoms in total. The highest BCUT2D eigenvalue weighted by Gasteiger charge is 2.35. The number of benzene rings is 3. The fourth-order valence-corrected chi connectivity index (χ4v) is 8.65. The Hall–Kier alpha value is -26.3. The minimum Gasteiger partial charge on any atom is -0.496 e. The number of ether oxygens (including phenoxy) is 3. The van der Waals surface area contributed by atoms with Crippen LogP contribution >= 0.6 is 0 Å². The average Bonchev–Trinajstić information content (AvgIpc) is 1.48. The molecule has 0 fully saturated rings. The maximum absolute atomic E-state index is 6.24. The number of methoxy groups -OCH3 is 2. The van der Waals surface area contributed by atoms with Gasteiger partial charge in [0.25, 0.3) is 0 Å². The molecular weight excluding hydrogens is 1670 g/mol. The number of H-pyrrole nitrogens is 1. The Morgan fingerprint density at radius 3 is 0.754 bits per heavy atom. The first-order chi connectivity index (χ1) is 68.7. The second kappa shape index (κ2) is 76.8. The van der Waals surface area contributed by atoms with Gasteiger partial charge in [0.05, 0.1) is 14.2 Å². The van der Waals surface area contributed by atoms with Crippen molar-refractivity contribution in [2.45, 2.75) is 39.0 Å². The third kappa shape index (κ3) is 53.5. The van der Waals surface area contributed by atoms with Gasteiger partial charge in [-0.15, -0.1) is 6.42 Å². The highest BCUT2D eigenvalue weighted by atomic mass is 16.5. The molecule has 1 aromatic heterocycles. The van der Waals surface area contributed by atoms with Crippen LogP contribution in [0.5, 0.6) is 17.2 Å². The molecule has 0 bridgehead atoms. The van der Waals surface area contributed by atoms with E-state index in [0.29, 0.717) is 12.6 Å². The van der Waals surface area contributed by atoms with E-state index in [1.807, 2.05) is 24.3 Å². The van der Waals surface area contributed by atoms with Gasteiger partial charge in [-0.3, -0.25) is 4.90 Å². The van der Waals surface area contributed by atoms with Crippen LogP contribution in [-0.4, -0.2) is 30.6 Å². The molecule has 5 heteroatoms. The number of nitrogens with zero attached hydrogens (tertiary/aromatic N) is 1. The summed E-state index contributed by atoms with van der Waals surface area (Å²) in [5.74, 6) is 259. The predicted molar refractivity (Wildman–Crippen MR) is 540 cm³/mol. The number of para-hydroxylation sites is 2. The van der Waals surface area contributed by atoms with Gasteiger partial charge in [-0.1, -0.05) is 42.3 Å². The summed E-state index contributed by atoms with van der Waals surface area (Å²) in [7, 11) is 3.41. The molecule has 0 saturated carbocycles. The van der Waals surface area contributed by atoms with Crippen LogP contribution in [0.25, 0.3) is 10.9 Å². The zero-order valence-corrected chi connectivity index (χ0v) is 72.1. The summed E-state index contributed by atoms with van der Waals surface area (Å²) in [6.07, 6.45) is 6.97. The zero-order valence-electron chi connectivity index (χ0n) is 72.1. The highest BCUT2D eigenvalue weighted by Crippen LogP contribution is 2.44. The van der Waals surface area contributed by atoms with E-state index in [0.717, 1.165) is 48.7 Å². The van der Waals surface area contributed by atoms with Crippen molar-refractivity contribution >= 4 is 10.9 Å². The molecule has 6 rings (SSSR count). The van der Waals surface area contributed by atoms with Crippen molar-refractivity contribution in [2.24, 2.45) is 0 Å². The van der Waals surface area contributed by atoms with Crippen molar-refractivity contribution in [3.8, 4) is 633 Å². The average molecular weight is 1710 g/mol. The summed E-state index contributed by atoms with van der Waals surface area (Å²) < 4.78 is 17.5. The lowest BCUT2D eigenvalue weighted by molar-refractivity contribution is 0.158. The van der Waals surface area contributed by atoms with Crippen LogP contribution in [-0.2, 0) is 26.0 Å². The van der Waals surface area contributed by atoms with Crippen LogP contribution in [0.3, 0.4) is 0 Å². The Kier molecular flexibility index (Phi) is 56.9. The van der Waals surface area contributed by atoms with E-state index in [4.69, 9.17) is 20.6 Å². The van der Waals surface area contributed by atoms with Gasteiger partial charge in [-0.25, -0.2) is 0 Å². The lowest BCUT2D eigenvalue weighted by Gasteiger charge is -2.40. The maximum Gasteiger partial charge on any atom is 0.161 e. The molecule has 4 aromatic rings. The topological polar surface area (TPSA) is 46.7 Å². The second-order valence-electron chi connectivity index (χ2n) is 21.9. The molecule has 0 aliphatic carbocycles. The van der Waals surface area contributed by atoms with Crippen molar-refractivity contribution in [1.29, 1.82) is 0 Å². The van der Waals surface area contributed by atoms with Gasteiger partial charge in [-0.05, 0) is 155 Å². The van der Waals surface area contributed by atoms with Gasteiger partial charge in [0, 0.05) is 550 Å². The molecule has 0 radical (unpaired) electrons. The van der Waals surface area contributed by atoms with Crippen LogP contribution in [0.15, 0.2) is 60.7 Å². The molecule has 0 amide bonds. The van der Waals surface area contributed by atoms with Gasteiger partial charge in [0.15, 0.2) is 11.5 Å². The minimum atomic E-state index is 0.359. The van der Waals surface area contributed by atoms with E-state index in [1.54, 1.807) is 21.1 Å². The number of aromatic nitrogens is 1. The Bertz CT molecular complexity index is 9570. The Morgan fingerprint density at radius 2 is 0.507 bits per heavy atom. The fourth-order valence-electron chi connectivity index (χ4n) is 8.65. The summed E-state index contributed by atoms with van der Waals surface area (Å²) in [6, 6.07) is 21.3. The molecule has 3 heterocycles. The van der Waals surface area contributed by atoms with Gasteiger partial charge in [0.1, 0.15) is 12.4 Å². The molecule has 1 N–H and O–H groups in total. The molecule has 3 aromatic carbocycles. The van der Waals surface area contributed by atoms with Gasteiger partial charge in [0.2, 0.25) is 0 Å². The zero-order chi connectivity index (χ0) is 97.2. The SMILES string of the molecule is C#CC#CC#CC#CC#CC#CC#CC#CC#CC#CC#CC#CC#CC#CC#CC#CC#CC#CC#CC#CC#CC#CC#CC#CC#CC#CC#CC#CC#CC#CC#CC#CC#CC#CC#CC#CC#CC#CC#CC#CC#CC#CC#CC#CC#CC#CC#CC#CC#CC#CC#CC#CC.COc1ccccc1COc1cc2c(cc1OC)C1Cc3c([nH]c4ccccc34)CN1CC2. The van der Waals surface area contributed by atoms with Gasteiger partial charge < -0.3 is 19.2 Å². The van der Waals surface area contributed by atoms with E-state index in [-0.39, 0.29) is 0 Å². The van der Waals surface area contributed by atoms with Gasteiger partial charge >= 0.3 is 0 Å². The van der Waals surface area contributed by atoms with Gasteiger partial charge in [-0.2, -0.15) is 0 Å². The number of fused-ring (bicyclic) bond motifs is 6. The van der Waals surface area contributed by atoms with E-state index in [1.165, 1.54) is 33.3 Å². The molecule has 2 aliphatic heterocycles. The molecule has 1 atom stereocenters. The standard InChI is InChI=1S/C105H4.C28H28N2O3/c1-3-5-7-9-11-13-15-17-19-21-23-25-27-29-31-33-35-37-39-41-43-45-47-49-51-53-55-57-59-61-63-65-67-69-71-73-75-77-79-81-83-85-87-89-91-93-95-97-99-101-103-105-104-102-100-98-96-94-92-90-88-86-84-82-80-78-76-74-72-70-68-66-64-62-60-58-56-54-52-50-48-46-44-42-40-38-36-34-32-30-28-26-24-22-20-18-16-14-12-10-8-6-4-2;1-31-26-10-6-3-7-19(26)17-33-28-13-18-11-12-30-16-24-22(20-8-4-5-9-23(20)29-24)14-25(30)21(18)15-27(28)32-2/h1H,2H3;3-10,13,15,25,29H,11-12,14,16-17H2,1-2H3. The smallest absolute Gasteiger partial charge is 0.161 e. The number of aromatic amines is 1. The Labute approximate surface area is 811 Å². The van der Waals surface area contributed by atoms with Crippen LogP contribution < -0.4 is 14.2 Å². The highest BCUT2D eigenvalue weighted by molar-refractivity contribution is 5.85. The van der Waals surface area contributed by atoms with E-state index in [9.17, 15) is 0 Å². The fraction of sp³-hybridized carbons (Fsp3) is 0.0677. The normalized spacial score (nSPS) is 7.13. The monoisotopic (exact) mass is 1700 g/mol. The summed E-state index contributed by atoms with van der Waals surface area (Å²) in [5, 5.41) is 1.35. The summed E-state index contributed by atoms with van der Waals surface area (Å²) in [4.78, 5) is 6.24. The molecule has 2 aliphatic rings. The number of nitrogens with one attached hydrogen (secondary N) is 1. The summed E-state index contributed by atoms with van der Waals surface area (Å²) >= 11 is 0. The van der Waals surface area contributed by atoms with E-state index in [2.05, 4.69) is 656 Å². The third-order valence-corrected chi connectivity index (χ3v) is 13.6.